The minimum Gasteiger partial charge on any atom is -0.380 e. The maximum Gasteiger partial charge on any atom is 0.274 e. The van der Waals surface area contributed by atoms with Crippen molar-refractivity contribution in [1.82, 2.24) is 0 Å². The quantitative estimate of drug-likeness (QED) is 0.349. The van der Waals surface area contributed by atoms with E-state index in [0.29, 0.717) is 11.8 Å². The molecule has 19 heavy (non-hydrogen) atoms. The summed E-state index contributed by atoms with van der Waals surface area (Å²) in [7, 11) is 0.0522. The van der Waals surface area contributed by atoms with Crippen molar-refractivity contribution < 1.29 is 9.66 Å². The molecule has 0 aliphatic rings. The van der Waals surface area contributed by atoms with Crippen molar-refractivity contribution in [2.45, 2.75) is 6.61 Å². The summed E-state index contributed by atoms with van der Waals surface area (Å²) in [5.41, 5.74) is 0.747. The van der Waals surface area contributed by atoms with Crippen LogP contribution in [0, 0.1) is 10.1 Å². The molecule has 2 aromatic carbocycles. The van der Waals surface area contributed by atoms with E-state index in [9.17, 15) is 10.1 Å². The molecule has 0 amide bonds. The van der Waals surface area contributed by atoms with E-state index in [2.05, 4.69) is 12.1 Å². The highest BCUT2D eigenvalue weighted by atomic mass is 28.2. The van der Waals surface area contributed by atoms with Crippen LogP contribution in [0.5, 0.6) is 0 Å². The molecule has 0 aliphatic carbocycles. The summed E-state index contributed by atoms with van der Waals surface area (Å²) >= 11 is 0. The van der Waals surface area contributed by atoms with E-state index in [0.717, 1.165) is 0 Å². The molecule has 97 valence electrons. The van der Waals surface area contributed by atoms with E-state index in [-0.39, 0.29) is 26.7 Å². The van der Waals surface area contributed by atoms with E-state index in [1.165, 1.54) is 11.3 Å². The van der Waals surface area contributed by atoms with E-state index >= 15 is 0 Å². The van der Waals surface area contributed by atoms with Crippen molar-refractivity contribution in [3.05, 3.63) is 70.3 Å². The zero-order chi connectivity index (χ0) is 13.5. The van der Waals surface area contributed by atoms with Crippen molar-refractivity contribution in [2.24, 2.45) is 0 Å². The molecule has 0 fully saturated rings. The summed E-state index contributed by atoms with van der Waals surface area (Å²) < 4.78 is 5.55. The topological polar surface area (TPSA) is 52.4 Å². The molecule has 0 aliphatic heterocycles. The first-order valence-electron chi connectivity index (χ1n) is 5.95. The molecule has 5 heteroatoms. The Kier molecular flexibility index (Phi) is 4.83. The van der Waals surface area contributed by atoms with Crippen LogP contribution in [0.1, 0.15) is 5.56 Å². The van der Waals surface area contributed by atoms with Gasteiger partial charge in [0.2, 0.25) is 0 Å². The number of nitro benzene ring substituents is 1. The minimum atomic E-state index is -0.372. The van der Waals surface area contributed by atoms with Gasteiger partial charge in [0, 0.05) is 12.3 Å². The lowest BCUT2D eigenvalue weighted by molar-refractivity contribution is -0.385. The summed E-state index contributed by atoms with van der Waals surface area (Å²) in [4.78, 5) is 10.5. The van der Waals surface area contributed by atoms with Crippen LogP contribution < -0.4 is 5.19 Å². The zero-order valence-corrected chi connectivity index (χ0v) is 11.5. The number of hydrogen-bond donors (Lipinski definition) is 0. The number of benzene rings is 2. The average molecular weight is 272 g/mol. The Hall–Kier alpha value is -1.98. The molecule has 2 rings (SSSR count). The van der Waals surface area contributed by atoms with Crippen LogP contribution in [-0.2, 0) is 11.3 Å². The van der Waals surface area contributed by atoms with Crippen molar-refractivity contribution in [2.75, 3.05) is 6.23 Å². The second kappa shape index (κ2) is 6.82. The van der Waals surface area contributed by atoms with Crippen molar-refractivity contribution in [1.29, 1.82) is 0 Å². The number of ether oxygens (including phenoxy) is 1. The van der Waals surface area contributed by atoms with Crippen LogP contribution in [0.25, 0.3) is 0 Å². The molecular weight excluding hydrogens is 258 g/mol. The molecule has 0 heterocycles. The molecule has 2 aromatic rings. The highest BCUT2D eigenvalue weighted by molar-refractivity contribution is 6.53. The number of hydrogen-bond acceptors (Lipinski definition) is 3. The molecular formula is C14H14NO3Si. The van der Waals surface area contributed by atoms with Crippen LogP contribution in [0.2, 0.25) is 0 Å². The van der Waals surface area contributed by atoms with Gasteiger partial charge >= 0.3 is 0 Å². The van der Waals surface area contributed by atoms with E-state index < -0.39 is 0 Å². The molecule has 4 nitrogen and oxygen atoms in total. The molecule has 1 radical (unpaired) electrons. The molecule has 0 unspecified atom stereocenters. The summed E-state index contributed by atoms with van der Waals surface area (Å²) in [6.45, 7) is 0.289. The third-order valence-corrected chi connectivity index (χ3v) is 3.94. The van der Waals surface area contributed by atoms with Gasteiger partial charge in [0.1, 0.15) is 0 Å². The first-order valence-corrected chi connectivity index (χ1v) is 7.35. The SMILES string of the molecule is O=[N+]([O-])c1ccccc1COC[SiH]c1ccccc1. The maximum atomic E-state index is 10.8. The maximum absolute atomic E-state index is 10.8. The van der Waals surface area contributed by atoms with E-state index in [1.54, 1.807) is 18.2 Å². The number of nitro groups is 1. The first kappa shape index (κ1) is 13.4. The largest absolute Gasteiger partial charge is 0.380 e. The minimum absolute atomic E-state index is 0.0522. The fourth-order valence-electron chi connectivity index (χ4n) is 1.72. The summed E-state index contributed by atoms with van der Waals surface area (Å²) in [6, 6.07) is 16.8. The normalized spacial score (nSPS) is 10.3. The lowest BCUT2D eigenvalue weighted by Crippen LogP contribution is -2.19. The Morgan fingerprint density at radius 3 is 2.47 bits per heavy atom. The van der Waals surface area contributed by atoms with E-state index in [1.807, 2.05) is 18.2 Å². The fraction of sp³-hybridized carbons (Fsp3) is 0.143. The lowest BCUT2D eigenvalue weighted by Gasteiger charge is -2.04. The monoisotopic (exact) mass is 272 g/mol. The highest BCUT2D eigenvalue weighted by Gasteiger charge is 2.11. The summed E-state index contributed by atoms with van der Waals surface area (Å²) in [6.07, 6.45) is 0.635. The van der Waals surface area contributed by atoms with Gasteiger partial charge in [-0.15, -0.1) is 0 Å². The standard InChI is InChI=1S/C14H14NO3Si/c16-15(17)14-9-5-4-6-12(14)10-18-11-19-13-7-2-1-3-8-13/h1-9,19H,10-11H2. The number of rotatable bonds is 6. The van der Waals surface area contributed by atoms with Crippen molar-refractivity contribution in [3.63, 3.8) is 0 Å². The van der Waals surface area contributed by atoms with Crippen LogP contribution in [0.15, 0.2) is 54.6 Å². The number of nitrogens with zero attached hydrogens (tertiary/aromatic N) is 1. The molecule has 0 N–H and O–H groups in total. The summed E-state index contributed by atoms with van der Waals surface area (Å²) in [5, 5.41) is 12.1. The molecule has 0 atom stereocenters. The third kappa shape index (κ3) is 4.01. The van der Waals surface area contributed by atoms with Crippen LogP contribution in [0.3, 0.4) is 0 Å². The fourth-order valence-corrected chi connectivity index (χ4v) is 2.65. The number of para-hydroxylation sites is 1. The third-order valence-electron chi connectivity index (χ3n) is 2.68. The molecule has 0 saturated carbocycles. The van der Waals surface area contributed by atoms with Gasteiger partial charge in [0.15, 0.2) is 0 Å². The zero-order valence-electron chi connectivity index (χ0n) is 10.4. The van der Waals surface area contributed by atoms with E-state index in [4.69, 9.17) is 4.74 Å². The van der Waals surface area contributed by atoms with Gasteiger partial charge in [0.05, 0.1) is 26.6 Å². The van der Waals surface area contributed by atoms with Gasteiger partial charge in [-0.25, -0.2) is 0 Å². The Labute approximate surface area is 114 Å². The van der Waals surface area contributed by atoms with Gasteiger partial charge in [-0.05, 0) is 6.07 Å². The van der Waals surface area contributed by atoms with Crippen LogP contribution in [0.4, 0.5) is 5.69 Å². The first-order chi connectivity index (χ1) is 9.27. The molecule has 0 spiro atoms. The second-order valence-electron chi connectivity index (χ2n) is 4.02. The van der Waals surface area contributed by atoms with Gasteiger partial charge in [-0.3, -0.25) is 10.1 Å². The van der Waals surface area contributed by atoms with Gasteiger partial charge in [-0.2, -0.15) is 0 Å². The van der Waals surface area contributed by atoms with Crippen LogP contribution >= 0.6 is 0 Å². The Bertz CT molecular complexity index is 545. The highest BCUT2D eigenvalue weighted by Crippen LogP contribution is 2.18. The molecule has 0 bridgehead atoms. The van der Waals surface area contributed by atoms with Gasteiger partial charge in [-0.1, -0.05) is 47.7 Å². The predicted octanol–water partition coefficient (Wildman–Crippen LogP) is 1.83. The van der Waals surface area contributed by atoms with Gasteiger partial charge in [0.25, 0.3) is 5.69 Å². The Morgan fingerprint density at radius 2 is 1.74 bits per heavy atom. The second-order valence-corrected chi connectivity index (χ2v) is 5.42. The summed E-state index contributed by atoms with van der Waals surface area (Å²) in [5.74, 6) is 0. The molecule has 0 saturated heterocycles. The molecule has 0 aromatic heterocycles. The lowest BCUT2D eigenvalue weighted by atomic mass is 10.2. The Morgan fingerprint density at radius 1 is 1.05 bits per heavy atom. The predicted molar refractivity (Wildman–Crippen MR) is 76.0 cm³/mol. The van der Waals surface area contributed by atoms with Crippen LogP contribution in [-0.4, -0.2) is 20.7 Å². The van der Waals surface area contributed by atoms with Gasteiger partial charge < -0.3 is 4.74 Å². The van der Waals surface area contributed by atoms with Crippen molar-refractivity contribution >= 4 is 20.4 Å². The van der Waals surface area contributed by atoms with Crippen molar-refractivity contribution in [3.8, 4) is 0 Å². The smallest absolute Gasteiger partial charge is 0.274 e. The average Bonchev–Trinajstić information content (AvgIpc) is 2.45. The Balaban J connectivity index is 1.85.